The summed E-state index contributed by atoms with van der Waals surface area (Å²) in [5, 5.41) is 70.6. The van der Waals surface area contributed by atoms with Crippen LogP contribution in [-0.4, -0.2) is 132 Å². The molecule has 4 aromatic carbocycles. The van der Waals surface area contributed by atoms with Crippen molar-refractivity contribution < 1.29 is 102 Å². The van der Waals surface area contributed by atoms with Crippen molar-refractivity contribution in [2.75, 3.05) is 41.7 Å². The average molecular weight is 1010 g/mol. The molecule has 0 aliphatic carbocycles. The van der Waals surface area contributed by atoms with Crippen molar-refractivity contribution in [1.82, 2.24) is 0 Å². The van der Waals surface area contributed by atoms with E-state index in [0.29, 0.717) is 11.1 Å². The Kier molecular flexibility index (Phi) is 15.5. The third-order valence-electron chi connectivity index (χ3n) is 11.3. The van der Waals surface area contributed by atoms with Crippen molar-refractivity contribution in [3.63, 3.8) is 0 Å². The number of phenolic OH excluding ortho intramolecular Hbond substituents is 4. The van der Waals surface area contributed by atoms with Gasteiger partial charge < -0.3 is 91.9 Å². The first-order valence-electron chi connectivity index (χ1n) is 21.7. The number of ether oxygens (including phenoxy) is 10. The van der Waals surface area contributed by atoms with Crippen LogP contribution < -0.4 is 39.3 Å². The van der Waals surface area contributed by atoms with E-state index in [4.69, 9.17) is 56.2 Å². The van der Waals surface area contributed by atoms with Gasteiger partial charge in [-0.2, -0.15) is 0 Å². The lowest BCUT2D eigenvalue weighted by atomic mass is 9.97. The molecule has 2 aliphatic rings. The number of benzene rings is 4. The molecule has 7 N–H and O–H groups in total. The van der Waals surface area contributed by atoms with E-state index in [1.54, 1.807) is 6.92 Å². The van der Waals surface area contributed by atoms with Gasteiger partial charge in [-0.05, 0) is 24.3 Å². The molecule has 0 spiro atoms. The molecule has 23 nitrogen and oxygen atoms in total. The van der Waals surface area contributed by atoms with Gasteiger partial charge in [0.1, 0.15) is 80.9 Å². The molecular formula is C49H50O23. The minimum Gasteiger partial charge on any atom is -0.507 e. The van der Waals surface area contributed by atoms with Gasteiger partial charge in [0.25, 0.3) is 0 Å². The number of esters is 2. The largest absolute Gasteiger partial charge is 0.507 e. The van der Waals surface area contributed by atoms with Gasteiger partial charge in [0.15, 0.2) is 33.9 Å². The van der Waals surface area contributed by atoms with Crippen LogP contribution in [0.25, 0.3) is 44.6 Å². The summed E-state index contributed by atoms with van der Waals surface area (Å²) in [5.41, 5.74) is -0.442. The highest BCUT2D eigenvalue weighted by molar-refractivity contribution is 5.87. The number of rotatable bonds is 12. The first kappa shape index (κ1) is 51.9. The number of carbonyl (C=O) groups excluding carboxylic acids is 2. The van der Waals surface area contributed by atoms with Crippen molar-refractivity contribution in [2.45, 2.75) is 63.9 Å². The maximum absolute atomic E-state index is 12.9. The molecule has 0 unspecified atom stereocenters. The van der Waals surface area contributed by atoms with E-state index in [9.17, 15) is 54.9 Å². The van der Waals surface area contributed by atoms with Crippen LogP contribution in [0.15, 0.2) is 79.1 Å². The Bertz CT molecular complexity index is 3060. The molecule has 0 saturated carbocycles. The fraction of sp³-hybridized carbons (Fsp3) is 0.347. The Morgan fingerprint density at radius 3 is 1.36 bits per heavy atom. The zero-order valence-corrected chi connectivity index (χ0v) is 39.5. The lowest BCUT2D eigenvalue weighted by molar-refractivity contribution is -0.243. The number of methoxy groups -OCH3 is 4. The molecule has 0 amide bonds. The summed E-state index contributed by atoms with van der Waals surface area (Å²) in [7, 11) is 5.43. The summed E-state index contributed by atoms with van der Waals surface area (Å²) < 4.78 is 65.5. The van der Waals surface area contributed by atoms with Crippen LogP contribution in [0.3, 0.4) is 0 Å². The van der Waals surface area contributed by atoms with Gasteiger partial charge in [-0.3, -0.25) is 19.2 Å². The maximum Gasteiger partial charge on any atom is 0.303 e. The summed E-state index contributed by atoms with van der Waals surface area (Å²) in [6.07, 6.45) is -8.80. The molecule has 8 atom stereocenters. The smallest absolute Gasteiger partial charge is 0.303 e. The molecule has 6 aromatic rings. The molecular weight excluding hydrogens is 957 g/mol. The van der Waals surface area contributed by atoms with Crippen molar-refractivity contribution in [3.05, 3.63) is 81.1 Å². The monoisotopic (exact) mass is 1010 g/mol. The number of aliphatic hydroxyl groups is 3. The Morgan fingerprint density at radius 1 is 0.542 bits per heavy atom. The molecule has 2 fully saturated rings. The van der Waals surface area contributed by atoms with Crippen molar-refractivity contribution >= 4 is 33.9 Å². The topological polar surface area (TPSA) is 328 Å². The second-order valence-corrected chi connectivity index (χ2v) is 16.4. The van der Waals surface area contributed by atoms with E-state index < -0.39 is 77.4 Å². The minimum atomic E-state index is -1.55. The summed E-state index contributed by atoms with van der Waals surface area (Å²) in [5.74, 6) is -2.25. The van der Waals surface area contributed by atoms with Crippen molar-refractivity contribution in [3.8, 4) is 80.1 Å². The number of aromatic hydroxyl groups is 4. The van der Waals surface area contributed by atoms with Crippen LogP contribution in [0.5, 0.6) is 57.5 Å². The molecule has 384 valence electrons. The molecule has 72 heavy (non-hydrogen) atoms. The van der Waals surface area contributed by atoms with Gasteiger partial charge in [-0.15, -0.1) is 0 Å². The van der Waals surface area contributed by atoms with Crippen LogP contribution >= 0.6 is 0 Å². The fourth-order valence-corrected chi connectivity index (χ4v) is 7.84. The third-order valence-corrected chi connectivity index (χ3v) is 11.3. The van der Waals surface area contributed by atoms with Crippen molar-refractivity contribution in [2.24, 2.45) is 5.92 Å². The number of fused-ring (bicyclic) bond motifs is 2. The lowest BCUT2D eigenvalue weighted by Gasteiger charge is -2.39. The number of hydrogen-bond donors (Lipinski definition) is 7. The van der Waals surface area contributed by atoms with Gasteiger partial charge in [-0.1, -0.05) is 6.92 Å². The zero-order chi connectivity index (χ0) is 52.3. The Balaban J connectivity index is 0.000000214. The predicted molar refractivity (Wildman–Crippen MR) is 248 cm³/mol. The van der Waals surface area contributed by atoms with E-state index in [1.807, 2.05) is 0 Å². The summed E-state index contributed by atoms with van der Waals surface area (Å²) in [6.45, 7) is 4.07. The molecule has 0 bridgehead atoms. The summed E-state index contributed by atoms with van der Waals surface area (Å²) in [4.78, 5) is 49.1. The SMILES string of the molecule is COc1cc(-c2cc(=O)c3c(O)cc(O[C@@H]4OC[C@@H](C)[C@H](OC(C)=O)[C@H]4OC(C)=O)cc3o2)cc(OC)c1O.COc1cc(-c2cc(=O)c3c(O)cc(O[C@@H]4OC[C@@H](O)[C@H](O)[C@H]4O)cc3o2)cc(OC)c1O. The van der Waals surface area contributed by atoms with E-state index in [-0.39, 0.29) is 98.6 Å². The van der Waals surface area contributed by atoms with Gasteiger partial charge >= 0.3 is 11.9 Å². The molecule has 0 radical (unpaired) electrons. The van der Waals surface area contributed by atoms with Crippen LogP contribution in [0, 0.1) is 5.92 Å². The zero-order valence-electron chi connectivity index (χ0n) is 39.5. The van der Waals surface area contributed by atoms with E-state index in [0.717, 1.165) is 6.07 Å². The van der Waals surface area contributed by atoms with Gasteiger partial charge in [-0.25, -0.2) is 0 Å². The molecule has 4 heterocycles. The number of carbonyl (C=O) groups is 2. The van der Waals surface area contributed by atoms with Crippen LogP contribution in [0.4, 0.5) is 0 Å². The van der Waals surface area contributed by atoms with Gasteiger partial charge in [0.2, 0.25) is 30.2 Å². The maximum atomic E-state index is 12.9. The van der Waals surface area contributed by atoms with Crippen LogP contribution in [0.1, 0.15) is 20.8 Å². The average Bonchev–Trinajstić information content (AvgIpc) is 3.33. The third kappa shape index (κ3) is 10.8. The quantitative estimate of drug-likeness (QED) is 0.0857. The number of aliphatic hydroxyl groups excluding tert-OH is 3. The number of phenols is 4. The highest BCUT2D eigenvalue weighted by Gasteiger charge is 2.45. The Labute approximate surface area is 407 Å². The van der Waals surface area contributed by atoms with Crippen LogP contribution in [-0.2, 0) is 28.5 Å². The van der Waals surface area contributed by atoms with E-state index in [1.165, 1.54) is 96.9 Å². The summed E-state index contributed by atoms with van der Waals surface area (Å²) in [6, 6.07) is 13.2. The van der Waals surface area contributed by atoms with Crippen LogP contribution in [0.2, 0.25) is 0 Å². The predicted octanol–water partition coefficient (Wildman–Crippen LogP) is 3.83. The van der Waals surface area contributed by atoms with Gasteiger partial charge in [0, 0.05) is 67.3 Å². The van der Waals surface area contributed by atoms with E-state index in [2.05, 4.69) is 0 Å². The highest BCUT2D eigenvalue weighted by Crippen LogP contribution is 2.43. The molecule has 2 saturated heterocycles. The summed E-state index contributed by atoms with van der Waals surface area (Å²) >= 11 is 0. The molecule has 23 heteroatoms. The highest BCUT2D eigenvalue weighted by atomic mass is 16.7. The second-order valence-electron chi connectivity index (χ2n) is 16.4. The fourth-order valence-electron chi connectivity index (χ4n) is 7.84. The Hall–Kier alpha value is -7.96. The van der Waals surface area contributed by atoms with Gasteiger partial charge in [0.05, 0.1) is 41.7 Å². The molecule has 2 aliphatic heterocycles. The molecule has 2 aromatic heterocycles. The second kappa shape index (κ2) is 21.6. The molecule has 8 rings (SSSR count). The standard InChI is InChI=1S/C27H28O12.C22H22O11/c1-12-11-35-27(26(37-14(3)29)25(12)36-13(2)28)38-16-8-17(30)23-18(31)10-19(39-20(23)9-16)15-6-21(33-4)24(32)22(7-15)34-5;1-29-16-3-9(4-17(30-2)20(16)27)14-7-12(24)18-11(23)5-10(6-15(18)33-14)32-22-21(28)19(26)13(25)8-31-22/h6-10,12,25-27,30,32H,11H2,1-5H3;3-7,13,19,21-23,25-28H,8H2,1-2H3/t12-,25+,26-,27+;13-,19+,21-,22+/m11/s1. The lowest BCUT2D eigenvalue weighted by Crippen LogP contribution is -2.55. The first-order valence-corrected chi connectivity index (χ1v) is 21.7. The first-order chi connectivity index (χ1) is 34.2. The number of hydrogen-bond acceptors (Lipinski definition) is 23. The minimum absolute atomic E-state index is 0.0196. The van der Waals surface area contributed by atoms with Crippen molar-refractivity contribution in [1.29, 1.82) is 0 Å². The normalized spacial score (nSPS) is 21.7. The Morgan fingerprint density at radius 2 is 0.944 bits per heavy atom. The van der Waals surface area contributed by atoms with E-state index >= 15 is 0 Å².